The number of rotatable bonds is 5. The van der Waals surface area contributed by atoms with E-state index in [1.165, 1.54) is 6.33 Å². The number of ketones is 1. The number of nitrogens with one attached hydrogen (secondary N) is 2. The van der Waals surface area contributed by atoms with Gasteiger partial charge in [0, 0.05) is 54.0 Å². The molecule has 8 heterocycles. The molecule has 2 bridgehead atoms. The summed E-state index contributed by atoms with van der Waals surface area (Å²) in [5.74, 6) is 0.774. The largest absolute Gasteiger partial charge is 0.369 e. The van der Waals surface area contributed by atoms with E-state index in [9.17, 15) is 9.59 Å². The molecule has 3 aliphatic rings. The molecular weight excluding hydrogens is 544 g/mol. The molecule has 2 fully saturated rings. The molecule has 2 atom stereocenters. The zero-order valence-corrected chi connectivity index (χ0v) is 23.3. The maximum Gasteiger partial charge on any atom is 0.291 e. The normalized spacial score (nSPS) is 22.8. The highest BCUT2D eigenvalue weighted by atomic mass is 16.2. The molecule has 3 aliphatic heterocycles. The molecule has 12 heteroatoms. The van der Waals surface area contributed by atoms with Crippen LogP contribution in [0.25, 0.3) is 28.2 Å². The maximum atomic E-state index is 13.6. The van der Waals surface area contributed by atoms with Crippen molar-refractivity contribution in [1.82, 2.24) is 44.6 Å². The Bertz CT molecular complexity index is 1870. The zero-order valence-electron chi connectivity index (χ0n) is 23.3. The standard InChI is InChI=1S/C31H28N10O2/c1-2-31(13-19-7-8-20(14-31)40(19)30(43)27-35-17-36-39-27)26-25-24(42)10-12-33-29(25)41-28(38-26)21(16-37-41)18-6-9-23(34-15-18)22-5-3-4-11-32-22/h2-6,9,11,15-17,19-20,33H,1,7-8,10,12-14H2,(H,35,36,39). The second-order valence-electron chi connectivity index (χ2n) is 11.4. The Morgan fingerprint density at radius 3 is 2.58 bits per heavy atom. The Hall–Kier alpha value is -5.26. The average molecular weight is 573 g/mol. The van der Waals surface area contributed by atoms with E-state index in [0.29, 0.717) is 48.5 Å². The van der Waals surface area contributed by atoms with Crippen LogP contribution in [0.1, 0.15) is 58.8 Å². The van der Waals surface area contributed by atoms with Crippen LogP contribution in [-0.4, -0.2) is 75.0 Å². The topological polar surface area (TPSA) is 147 Å². The SMILES string of the molecule is C=CC1(c2nc3c(-c4ccc(-c5ccccn5)nc4)cnn3c3c2C(=O)CCN3)CC2CCC(C1)N2C(=O)c1ncn[nH]1. The first kappa shape index (κ1) is 25.5. The summed E-state index contributed by atoms with van der Waals surface area (Å²) in [6, 6.07) is 9.58. The number of carbonyl (C=O) groups is 2. The minimum absolute atomic E-state index is 0.0327. The van der Waals surface area contributed by atoms with Gasteiger partial charge in [-0.2, -0.15) is 14.7 Å². The Morgan fingerprint density at radius 1 is 1.05 bits per heavy atom. The Balaban J connectivity index is 1.24. The molecule has 2 N–H and O–H groups in total. The van der Waals surface area contributed by atoms with Crippen LogP contribution in [-0.2, 0) is 5.41 Å². The molecule has 12 nitrogen and oxygen atoms in total. The van der Waals surface area contributed by atoms with Crippen molar-refractivity contribution < 1.29 is 9.59 Å². The summed E-state index contributed by atoms with van der Waals surface area (Å²) in [6.45, 7) is 4.79. The average Bonchev–Trinajstić information content (AvgIpc) is 3.80. The van der Waals surface area contributed by atoms with Gasteiger partial charge in [0.1, 0.15) is 12.1 Å². The molecule has 5 aromatic heterocycles. The number of pyridine rings is 2. The van der Waals surface area contributed by atoms with Crippen molar-refractivity contribution in [3.05, 3.63) is 85.0 Å². The lowest BCUT2D eigenvalue weighted by Crippen LogP contribution is -2.52. The lowest BCUT2D eigenvalue weighted by Gasteiger charge is -2.45. The van der Waals surface area contributed by atoms with E-state index < -0.39 is 5.41 Å². The number of nitrogens with zero attached hydrogens (tertiary/aromatic N) is 8. The first-order chi connectivity index (χ1) is 21.1. The van der Waals surface area contributed by atoms with Crippen molar-refractivity contribution in [3.8, 4) is 22.5 Å². The van der Waals surface area contributed by atoms with Gasteiger partial charge in [-0.3, -0.25) is 24.7 Å². The van der Waals surface area contributed by atoms with Gasteiger partial charge in [0.25, 0.3) is 5.91 Å². The van der Waals surface area contributed by atoms with Gasteiger partial charge in [-0.1, -0.05) is 18.2 Å². The number of aromatic amines is 1. The molecular formula is C31H28N10O2. The molecule has 214 valence electrons. The van der Waals surface area contributed by atoms with Crippen LogP contribution >= 0.6 is 0 Å². The van der Waals surface area contributed by atoms with E-state index in [1.807, 2.05) is 41.3 Å². The number of allylic oxidation sites excluding steroid dienone is 1. The summed E-state index contributed by atoms with van der Waals surface area (Å²) >= 11 is 0. The van der Waals surface area contributed by atoms with Crippen LogP contribution in [0, 0.1) is 0 Å². The van der Waals surface area contributed by atoms with Gasteiger partial charge < -0.3 is 10.2 Å². The second-order valence-corrected chi connectivity index (χ2v) is 11.4. The lowest BCUT2D eigenvalue weighted by atomic mass is 9.70. The van der Waals surface area contributed by atoms with Crippen molar-refractivity contribution in [1.29, 1.82) is 0 Å². The third-order valence-electron chi connectivity index (χ3n) is 9.11. The third-order valence-corrected chi connectivity index (χ3v) is 9.11. The highest BCUT2D eigenvalue weighted by Crippen LogP contribution is 2.50. The van der Waals surface area contributed by atoms with E-state index in [4.69, 9.17) is 4.98 Å². The van der Waals surface area contributed by atoms with Crippen molar-refractivity contribution in [3.63, 3.8) is 0 Å². The fourth-order valence-electron chi connectivity index (χ4n) is 7.13. The first-order valence-electron chi connectivity index (χ1n) is 14.4. The molecule has 0 radical (unpaired) electrons. The monoisotopic (exact) mass is 572 g/mol. The van der Waals surface area contributed by atoms with Crippen molar-refractivity contribution in [2.45, 2.75) is 49.6 Å². The molecule has 1 amide bonds. The summed E-state index contributed by atoms with van der Waals surface area (Å²) in [6.07, 6.45) is 11.9. The smallest absolute Gasteiger partial charge is 0.291 e. The van der Waals surface area contributed by atoms with Crippen LogP contribution in [0.4, 0.5) is 5.82 Å². The fraction of sp³-hybridized carbons (Fsp3) is 0.290. The number of aromatic nitrogens is 8. The van der Waals surface area contributed by atoms with Crippen molar-refractivity contribution >= 4 is 23.2 Å². The van der Waals surface area contributed by atoms with Crippen LogP contribution in [0.2, 0.25) is 0 Å². The Kier molecular flexibility index (Phi) is 5.71. The van der Waals surface area contributed by atoms with E-state index in [1.54, 1.807) is 23.1 Å². The quantitative estimate of drug-likeness (QED) is 0.300. The number of amides is 1. The molecule has 5 aromatic rings. The minimum atomic E-state index is -0.604. The summed E-state index contributed by atoms with van der Waals surface area (Å²) in [7, 11) is 0. The van der Waals surface area contributed by atoms with E-state index in [-0.39, 0.29) is 29.6 Å². The van der Waals surface area contributed by atoms with Gasteiger partial charge in [-0.15, -0.1) is 6.58 Å². The van der Waals surface area contributed by atoms with Gasteiger partial charge in [-0.05, 0) is 43.9 Å². The number of H-pyrrole nitrogens is 1. The zero-order chi connectivity index (χ0) is 29.1. The number of Topliss-reactive ketones (excluding diaryl/α,β-unsaturated/α-hetero) is 1. The Labute approximate surface area is 246 Å². The van der Waals surface area contributed by atoms with E-state index in [0.717, 1.165) is 35.4 Å². The van der Waals surface area contributed by atoms with E-state index >= 15 is 0 Å². The highest BCUT2D eigenvalue weighted by molar-refractivity contribution is 6.04. The molecule has 0 aliphatic carbocycles. The summed E-state index contributed by atoms with van der Waals surface area (Å²) in [5.41, 5.74) is 4.52. The summed E-state index contributed by atoms with van der Waals surface area (Å²) in [5, 5.41) is 14.7. The number of carbonyl (C=O) groups excluding carboxylic acids is 2. The first-order valence-corrected chi connectivity index (χ1v) is 14.4. The van der Waals surface area contributed by atoms with Crippen LogP contribution in [0.15, 0.2) is 67.9 Å². The van der Waals surface area contributed by atoms with Crippen LogP contribution < -0.4 is 5.32 Å². The number of piperidine rings is 1. The maximum absolute atomic E-state index is 13.6. The molecule has 0 aromatic carbocycles. The van der Waals surface area contributed by atoms with Gasteiger partial charge >= 0.3 is 0 Å². The number of fused-ring (bicyclic) bond motifs is 5. The number of anilines is 1. The highest BCUT2D eigenvalue weighted by Gasteiger charge is 2.52. The third kappa shape index (κ3) is 3.89. The van der Waals surface area contributed by atoms with Gasteiger partial charge in [0.05, 0.1) is 28.8 Å². The molecule has 2 saturated heterocycles. The van der Waals surface area contributed by atoms with Crippen LogP contribution in [0.3, 0.4) is 0 Å². The Morgan fingerprint density at radius 2 is 1.88 bits per heavy atom. The summed E-state index contributed by atoms with van der Waals surface area (Å²) < 4.78 is 1.73. The number of hydrogen-bond acceptors (Lipinski definition) is 9. The van der Waals surface area contributed by atoms with Gasteiger partial charge in [0.15, 0.2) is 11.4 Å². The number of hydrogen-bond donors (Lipinski definition) is 2. The van der Waals surface area contributed by atoms with E-state index in [2.05, 4.69) is 42.1 Å². The predicted molar refractivity (Wildman–Crippen MR) is 157 cm³/mol. The van der Waals surface area contributed by atoms with Crippen LogP contribution in [0.5, 0.6) is 0 Å². The van der Waals surface area contributed by atoms with Gasteiger partial charge in [-0.25, -0.2) is 9.97 Å². The summed E-state index contributed by atoms with van der Waals surface area (Å²) in [4.78, 5) is 47.3. The molecule has 43 heavy (non-hydrogen) atoms. The van der Waals surface area contributed by atoms with Crippen molar-refractivity contribution in [2.75, 3.05) is 11.9 Å². The lowest BCUT2D eigenvalue weighted by molar-refractivity contribution is 0.0504. The minimum Gasteiger partial charge on any atom is -0.369 e. The molecule has 2 unspecified atom stereocenters. The van der Waals surface area contributed by atoms with Crippen molar-refractivity contribution in [2.24, 2.45) is 0 Å². The second kappa shape index (κ2) is 9.65. The molecule has 0 spiro atoms. The molecule has 0 saturated carbocycles. The fourth-order valence-corrected chi connectivity index (χ4v) is 7.13. The van der Waals surface area contributed by atoms with Gasteiger partial charge in [0.2, 0.25) is 5.82 Å². The predicted octanol–water partition coefficient (Wildman–Crippen LogP) is 3.86. The molecule has 8 rings (SSSR count).